The fourth-order valence-corrected chi connectivity index (χ4v) is 1.65. The molecule has 6 heteroatoms. The summed E-state index contributed by atoms with van der Waals surface area (Å²) in [6.07, 6.45) is 0. The van der Waals surface area contributed by atoms with Gasteiger partial charge in [0.15, 0.2) is 11.0 Å². The lowest BCUT2D eigenvalue weighted by molar-refractivity contribution is 0.0997. The first-order valence-corrected chi connectivity index (χ1v) is 5.80. The average Bonchev–Trinajstić information content (AvgIpc) is 2.85. The van der Waals surface area contributed by atoms with Crippen molar-refractivity contribution in [2.75, 3.05) is 19.5 Å². The smallest absolute Gasteiger partial charge is 0.291 e. The maximum absolute atomic E-state index is 11.9. The number of methoxy groups -OCH3 is 2. The molecule has 19 heavy (non-hydrogen) atoms. The summed E-state index contributed by atoms with van der Waals surface area (Å²) in [5.74, 6) is 0.883. The van der Waals surface area contributed by atoms with Gasteiger partial charge in [-0.05, 0) is 23.7 Å². The Labute approximate surface area is 115 Å². The number of benzene rings is 1. The zero-order valence-electron chi connectivity index (χ0n) is 10.4. The van der Waals surface area contributed by atoms with Crippen LogP contribution in [-0.2, 0) is 0 Å². The van der Waals surface area contributed by atoms with Crippen LogP contribution in [0.4, 0.5) is 5.69 Å². The van der Waals surface area contributed by atoms with Crippen molar-refractivity contribution in [3.63, 3.8) is 0 Å². The van der Waals surface area contributed by atoms with Gasteiger partial charge in [-0.25, -0.2) is 0 Å². The molecule has 0 radical (unpaired) electrons. The van der Waals surface area contributed by atoms with Crippen LogP contribution in [0.15, 0.2) is 34.7 Å². The summed E-state index contributed by atoms with van der Waals surface area (Å²) in [6.45, 7) is 0. The van der Waals surface area contributed by atoms with Crippen molar-refractivity contribution in [3.05, 3.63) is 41.3 Å². The molecule has 0 saturated heterocycles. The second-order valence-corrected chi connectivity index (χ2v) is 4.03. The van der Waals surface area contributed by atoms with E-state index in [1.165, 1.54) is 26.4 Å². The number of carbonyl (C=O) groups excluding carboxylic acids is 1. The van der Waals surface area contributed by atoms with Gasteiger partial charge in [0, 0.05) is 23.9 Å². The molecule has 1 heterocycles. The van der Waals surface area contributed by atoms with E-state index >= 15 is 0 Å². The first-order valence-electron chi connectivity index (χ1n) is 5.42. The van der Waals surface area contributed by atoms with Crippen molar-refractivity contribution in [1.82, 2.24) is 0 Å². The van der Waals surface area contributed by atoms with Crippen molar-refractivity contribution >= 4 is 23.2 Å². The molecule has 100 valence electrons. The lowest BCUT2D eigenvalue weighted by atomic mass is 10.2. The molecule has 0 saturated carbocycles. The minimum absolute atomic E-state index is 0.131. The largest absolute Gasteiger partial charge is 0.497 e. The van der Waals surface area contributed by atoms with Gasteiger partial charge in [-0.1, -0.05) is 0 Å². The van der Waals surface area contributed by atoms with E-state index in [0.29, 0.717) is 17.2 Å². The predicted octanol–water partition coefficient (Wildman–Crippen LogP) is 3.20. The quantitative estimate of drug-likeness (QED) is 0.935. The minimum Gasteiger partial charge on any atom is -0.497 e. The summed E-state index contributed by atoms with van der Waals surface area (Å²) in [6, 6.07) is 8.05. The molecular weight excluding hydrogens is 270 g/mol. The minimum atomic E-state index is -0.401. The van der Waals surface area contributed by atoms with Crippen LogP contribution in [-0.4, -0.2) is 20.1 Å². The summed E-state index contributed by atoms with van der Waals surface area (Å²) in [7, 11) is 3.07. The highest BCUT2D eigenvalue weighted by Crippen LogP contribution is 2.26. The molecule has 0 atom stereocenters. The van der Waals surface area contributed by atoms with E-state index in [2.05, 4.69) is 5.32 Å². The maximum atomic E-state index is 11.9. The summed E-state index contributed by atoms with van der Waals surface area (Å²) >= 11 is 5.62. The summed E-state index contributed by atoms with van der Waals surface area (Å²) in [5, 5.41) is 2.83. The number of nitrogens with one attached hydrogen (secondary N) is 1. The van der Waals surface area contributed by atoms with Crippen LogP contribution in [0.5, 0.6) is 11.5 Å². The van der Waals surface area contributed by atoms with Gasteiger partial charge in [0.1, 0.15) is 11.5 Å². The lowest BCUT2D eigenvalue weighted by Crippen LogP contribution is -2.11. The van der Waals surface area contributed by atoms with Gasteiger partial charge in [0.2, 0.25) is 0 Å². The van der Waals surface area contributed by atoms with Gasteiger partial charge < -0.3 is 19.2 Å². The van der Waals surface area contributed by atoms with Crippen LogP contribution in [0.1, 0.15) is 10.6 Å². The van der Waals surface area contributed by atoms with Crippen molar-refractivity contribution in [2.24, 2.45) is 0 Å². The number of ether oxygens (including phenoxy) is 2. The number of rotatable bonds is 4. The molecule has 0 bridgehead atoms. The first kappa shape index (κ1) is 13.3. The Morgan fingerprint density at radius 1 is 1.16 bits per heavy atom. The van der Waals surface area contributed by atoms with Gasteiger partial charge in [-0.2, -0.15) is 0 Å². The maximum Gasteiger partial charge on any atom is 0.291 e. The fraction of sp³-hybridized carbons (Fsp3) is 0.154. The fourth-order valence-electron chi connectivity index (χ4n) is 1.51. The molecule has 2 aromatic rings. The second kappa shape index (κ2) is 5.67. The highest BCUT2D eigenvalue weighted by molar-refractivity contribution is 6.29. The number of carbonyl (C=O) groups is 1. The third-order valence-corrected chi connectivity index (χ3v) is 2.61. The van der Waals surface area contributed by atoms with Crippen LogP contribution in [0.3, 0.4) is 0 Å². The van der Waals surface area contributed by atoms with Crippen molar-refractivity contribution < 1.29 is 18.7 Å². The number of hydrogen-bond donors (Lipinski definition) is 1. The molecule has 0 aliphatic carbocycles. The van der Waals surface area contributed by atoms with Crippen LogP contribution in [0, 0.1) is 0 Å². The Morgan fingerprint density at radius 2 is 1.79 bits per heavy atom. The molecule has 0 unspecified atom stereocenters. The molecule has 0 aliphatic rings. The highest BCUT2D eigenvalue weighted by Gasteiger charge is 2.12. The number of amides is 1. The lowest BCUT2D eigenvalue weighted by Gasteiger charge is -2.08. The third kappa shape index (κ3) is 3.20. The molecule has 1 N–H and O–H groups in total. The monoisotopic (exact) mass is 281 g/mol. The first-order chi connectivity index (χ1) is 9.12. The average molecular weight is 282 g/mol. The van der Waals surface area contributed by atoms with E-state index in [1.807, 2.05) is 0 Å². The van der Waals surface area contributed by atoms with Crippen molar-refractivity contribution in [3.8, 4) is 11.5 Å². The van der Waals surface area contributed by atoms with E-state index in [-0.39, 0.29) is 11.0 Å². The van der Waals surface area contributed by atoms with Crippen LogP contribution >= 0.6 is 11.6 Å². The van der Waals surface area contributed by atoms with Crippen LogP contribution in [0.2, 0.25) is 5.22 Å². The van der Waals surface area contributed by atoms with Gasteiger partial charge in [-0.15, -0.1) is 0 Å². The molecule has 1 aromatic carbocycles. The molecule has 0 aliphatic heterocycles. The second-order valence-electron chi connectivity index (χ2n) is 3.66. The molecule has 1 aromatic heterocycles. The van der Waals surface area contributed by atoms with Crippen LogP contribution in [0.25, 0.3) is 0 Å². The molecule has 1 amide bonds. The van der Waals surface area contributed by atoms with E-state index in [0.717, 1.165) is 0 Å². The molecule has 0 fully saturated rings. The summed E-state index contributed by atoms with van der Waals surface area (Å²) in [5.41, 5.74) is 0.536. The Bertz CT molecular complexity index is 572. The molecule has 2 rings (SSSR count). The number of halogens is 1. The van der Waals surface area contributed by atoms with Gasteiger partial charge >= 0.3 is 0 Å². The normalized spacial score (nSPS) is 10.1. The Morgan fingerprint density at radius 3 is 2.26 bits per heavy atom. The van der Waals surface area contributed by atoms with Gasteiger partial charge in [0.25, 0.3) is 5.91 Å². The zero-order valence-corrected chi connectivity index (χ0v) is 11.2. The molecule has 5 nitrogen and oxygen atoms in total. The standard InChI is InChI=1S/C13H12ClNO4/c1-17-9-5-8(6-10(7-9)18-2)15-13(16)11-3-4-12(14)19-11/h3-7H,1-2H3,(H,15,16). The highest BCUT2D eigenvalue weighted by atomic mass is 35.5. The number of furan rings is 1. The number of hydrogen-bond acceptors (Lipinski definition) is 4. The van der Waals surface area contributed by atoms with Gasteiger partial charge in [0.05, 0.1) is 14.2 Å². The Hall–Kier alpha value is -2.14. The van der Waals surface area contributed by atoms with E-state index in [9.17, 15) is 4.79 Å². The van der Waals surface area contributed by atoms with E-state index in [1.54, 1.807) is 18.2 Å². The third-order valence-electron chi connectivity index (χ3n) is 2.41. The SMILES string of the molecule is COc1cc(NC(=O)c2ccc(Cl)o2)cc(OC)c1. The Balaban J connectivity index is 2.20. The van der Waals surface area contributed by atoms with E-state index < -0.39 is 5.91 Å². The van der Waals surface area contributed by atoms with Crippen LogP contribution < -0.4 is 14.8 Å². The number of anilines is 1. The van der Waals surface area contributed by atoms with E-state index in [4.69, 9.17) is 25.5 Å². The van der Waals surface area contributed by atoms with Crippen molar-refractivity contribution in [2.45, 2.75) is 0 Å². The summed E-state index contributed by atoms with van der Waals surface area (Å²) < 4.78 is 15.2. The topological polar surface area (TPSA) is 60.7 Å². The molecular formula is C13H12ClNO4. The zero-order chi connectivity index (χ0) is 13.8. The van der Waals surface area contributed by atoms with Gasteiger partial charge in [-0.3, -0.25) is 4.79 Å². The van der Waals surface area contributed by atoms with Crippen molar-refractivity contribution in [1.29, 1.82) is 0 Å². The summed E-state index contributed by atoms with van der Waals surface area (Å²) in [4.78, 5) is 11.9. The predicted molar refractivity (Wildman–Crippen MR) is 71.2 cm³/mol. The molecule has 0 spiro atoms. The Kier molecular flexibility index (Phi) is 3.97.